The number of aliphatic hydroxyl groups excluding tert-OH is 1. The van der Waals surface area contributed by atoms with Gasteiger partial charge in [-0.1, -0.05) is 42.5 Å². The Bertz CT molecular complexity index is 862. The van der Waals surface area contributed by atoms with Crippen LogP contribution in [0, 0.1) is 0 Å². The molecule has 0 bridgehead atoms. The lowest BCUT2D eigenvalue weighted by Crippen LogP contribution is -2.25. The summed E-state index contributed by atoms with van der Waals surface area (Å²) in [5.41, 5.74) is 1.96. The second-order valence-electron chi connectivity index (χ2n) is 6.34. The summed E-state index contributed by atoms with van der Waals surface area (Å²) >= 11 is 0. The zero-order valence-electron chi connectivity index (χ0n) is 15.2. The number of rotatable bonds is 9. The van der Waals surface area contributed by atoms with Crippen LogP contribution in [-0.2, 0) is 17.8 Å². The van der Waals surface area contributed by atoms with Crippen molar-refractivity contribution in [2.75, 3.05) is 6.61 Å². The van der Waals surface area contributed by atoms with E-state index in [1.54, 1.807) is 6.92 Å². The number of aromatic nitrogens is 4. The number of ketones is 1. The van der Waals surface area contributed by atoms with Crippen molar-refractivity contribution in [1.82, 2.24) is 20.2 Å². The first kappa shape index (κ1) is 18.7. The van der Waals surface area contributed by atoms with Gasteiger partial charge in [0, 0.05) is 12.0 Å². The molecule has 27 heavy (non-hydrogen) atoms. The lowest BCUT2D eigenvalue weighted by atomic mass is 10.1. The van der Waals surface area contributed by atoms with Gasteiger partial charge in [0.05, 0.1) is 6.54 Å². The van der Waals surface area contributed by atoms with Crippen molar-refractivity contribution in [3.05, 3.63) is 60.2 Å². The summed E-state index contributed by atoms with van der Waals surface area (Å²) < 4.78 is 5.61. The number of carbonyl (C=O) groups excluding carboxylic acids is 1. The van der Waals surface area contributed by atoms with Crippen LogP contribution in [0.25, 0.3) is 11.4 Å². The fourth-order valence-corrected chi connectivity index (χ4v) is 2.53. The Hall–Kier alpha value is -3.06. The Balaban J connectivity index is 1.48. The molecule has 7 nitrogen and oxygen atoms in total. The molecule has 1 heterocycles. The summed E-state index contributed by atoms with van der Waals surface area (Å²) in [5.74, 6) is 1.36. The maximum absolute atomic E-state index is 11.0. The van der Waals surface area contributed by atoms with E-state index in [4.69, 9.17) is 4.74 Å². The standard InChI is InChI=1S/C20H22N4O3/c1-15(25)7-8-16-9-11-19(12-10-16)27-14-18(26)13-24-22-20(21-23-24)17-5-3-2-4-6-17/h2-6,9-12,18,26H,7-8,13-14H2,1H3. The summed E-state index contributed by atoms with van der Waals surface area (Å²) in [6, 6.07) is 17.1. The largest absolute Gasteiger partial charge is 0.491 e. The second kappa shape index (κ2) is 9.05. The zero-order chi connectivity index (χ0) is 19.1. The summed E-state index contributed by atoms with van der Waals surface area (Å²) in [6.07, 6.45) is 0.495. The fourth-order valence-electron chi connectivity index (χ4n) is 2.53. The molecule has 0 fully saturated rings. The van der Waals surface area contributed by atoms with E-state index in [1.807, 2.05) is 54.6 Å². The highest BCUT2D eigenvalue weighted by Crippen LogP contribution is 2.14. The summed E-state index contributed by atoms with van der Waals surface area (Å²) in [6.45, 7) is 1.90. The van der Waals surface area contributed by atoms with Gasteiger partial charge >= 0.3 is 0 Å². The van der Waals surface area contributed by atoms with Crippen LogP contribution in [0.1, 0.15) is 18.9 Å². The molecule has 1 unspecified atom stereocenters. The molecular weight excluding hydrogens is 344 g/mol. The third-order valence-corrected chi connectivity index (χ3v) is 3.99. The average Bonchev–Trinajstić information content (AvgIpc) is 3.14. The van der Waals surface area contributed by atoms with Crippen molar-refractivity contribution in [2.45, 2.75) is 32.4 Å². The molecule has 0 spiro atoms. The van der Waals surface area contributed by atoms with E-state index in [1.165, 1.54) is 4.80 Å². The average molecular weight is 366 g/mol. The number of aryl methyl sites for hydroxylation is 1. The molecule has 2 aromatic carbocycles. The summed E-state index contributed by atoms with van der Waals surface area (Å²) in [4.78, 5) is 12.4. The van der Waals surface area contributed by atoms with Gasteiger partial charge in [-0.15, -0.1) is 10.2 Å². The van der Waals surface area contributed by atoms with Crippen molar-refractivity contribution in [2.24, 2.45) is 0 Å². The molecule has 3 aromatic rings. The maximum Gasteiger partial charge on any atom is 0.204 e. The molecular formula is C20H22N4O3. The lowest BCUT2D eigenvalue weighted by molar-refractivity contribution is -0.116. The molecule has 0 aliphatic heterocycles. The number of ether oxygens (including phenoxy) is 1. The SMILES string of the molecule is CC(=O)CCc1ccc(OCC(O)Cn2nnc(-c3ccccc3)n2)cc1. The predicted octanol–water partition coefficient (Wildman–Crippen LogP) is 2.30. The third kappa shape index (κ3) is 5.72. The quantitative estimate of drug-likeness (QED) is 0.625. The predicted molar refractivity (Wildman–Crippen MR) is 100 cm³/mol. The van der Waals surface area contributed by atoms with Gasteiger partial charge in [-0.3, -0.25) is 0 Å². The van der Waals surface area contributed by atoms with E-state index in [-0.39, 0.29) is 18.9 Å². The van der Waals surface area contributed by atoms with Crippen molar-refractivity contribution >= 4 is 5.78 Å². The molecule has 1 aromatic heterocycles. The smallest absolute Gasteiger partial charge is 0.204 e. The molecule has 0 saturated carbocycles. The number of hydrogen-bond acceptors (Lipinski definition) is 6. The Kier molecular flexibility index (Phi) is 6.27. The van der Waals surface area contributed by atoms with E-state index in [0.29, 0.717) is 18.0 Å². The molecule has 7 heteroatoms. The van der Waals surface area contributed by atoms with Crippen LogP contribution in [0.2, 0.25) is 0 Å². The van der Waals surface area contributed by atoms with Crippen LogP contribution in [0.15, 0.2) is 54.6 Å². The van der Waals surface area contributed by atoms with Gasteiger partial charge in [0.15, 0.2) is 0 Å². The molecule has 0 aliphatic carbocycles. The maximum atomic E-state index is 11.0. The van der Waals surface area contributed by atoms with Gasteiger partial charge in [0.2, 0.25) is 5.82 Å². The molecule has 140 valence electrons. The van der Waals surface area contributed by atoms with E-state index in [9.17, 15) is 9.90 Å². The first-order chi connectivity index (χ1) is 13.1. The first-order valence-corrected chi connectivity index (χ1v) is 8.82. The third-order valence-electron chi connectivity index (χ3n) is 3.99. The van der Waals surface area contributed by atoms with Crippen LogP contribution in [0.5, 0.6) is 5.75 Å². The van der Waals surface area contributed by atoms with Crippen molar-refractivity contribution in [1.29, 1.82) is 0 Å². The van der Waals surface area contributed by atoms with Crippen LogP contribution < -0.4 is 4.74 Å². The number of tetrazole rings is 1. The summed E-state index contributed by atoms with van der Waals surface area (Å²) in [7, 11) is 0. The van der Waals surface area contributed by atoms with E-state index >= 15 is 0 Å². The Labute approximate surface area is 157 Å². The molecule has 0 amide bonds. The minimum absolute atomic E-state index is 0.120. The highest BCUT2D eigenvalue weighted by molar-refractivity contribution is 5.75. The number of aliphatic hydroxyl groups is 1. The van der Waals surface area contributed by atoms with Crippen LogP contribution in [0.3, 0.4) is 0 Å². The van der Waals surface area contributed by atoms with Gasteiger partial charge < -0.3 is 14.6 Å². The van der Waals surface area contributed by atoms with Gasteiger partial charge in [0.25, 0.3) is 0 Å². The molecule has 0 radical (unpaired) electrons. The number of hydrogen-bond donors (Lipinski definition) is 1. The highest BCUT2D eigenvalue weighted by Gasteiger charge is 2.11. The normalized spacial score (nSPS) is 11.9. The van der Waals surface area contributed by atoms with Crippen LogP contribution in [0.4, 0.5) is 0 Å². The molecule has 1 atom stereocenters. The topological polar surface area (TPSA) is 90.1 Å². The van der Waals surface area contributed by atoms with Gasteiger partial charge in [-0.25, -0.2) is 0 Å². The first-order valence-electron chi connectivity index (χ1n) is 8.82. The Morgan fingerprint density at radius 3 is 2.59 bits per heavy atom. The van der Waals surface area contributed by atoms with Crippen molar-refractivity contribution < 1.29 is 14.6 Å². The van der Waals surface area contributed by atoms with Gasteiger partial charge in [0.1, 0.15) is 24.2 Å². The van der Waals surface area contributed by atoms with E-state index < -0.39 is 6.10 Å². The molecule has 1 N–H and O–H groups in total. The number of nitrogens with zero attached hydrogens (tertiary/aromatic N) is 4. The van der Waals surface area contributed by atoms with E-state index in [2.05, 4.69) is 15.4 Å². The number of carbonyl (C=O) groups is 1. The zero-order valence-corrected chi connectivity index (χ0v) is 15.2. The van der Waals surface area contributed by atoms with Crippen molar-refractivity contribution in [3.8, 4) is 17.1 Å². The molecule has 0 aliphatic rings. The van der Waals surface area contributed by atoms with Crippen LogP contribution in [-0.4, -0.2) is 43.8 Å². The Morgan fingerprint density at radius 2 is 1.89 bits per heavy atom. The minimum atomic E-state index is -0.764. The van der Waals surface area contributed by atoms with Gasteiger partial charge in [-0.05, 0) is 36.3 Å². The van der Waals surface area contributed by atoms with Gasteiger partial charge in [-0.2, -0.15) is 4.80 Å². The minimum Gasteiger partial charge on any atom is -0.491 e. The highest BCUT2D eigenvalue weighted by atomic mass is 16.5. The fraction of sp³-hybridized carbons (Fsp3) is 0.300. The molecule has 0 saturated heterocycles. The second-order valence-corrected chi connectivity index (χ2v) is 6.34. The summed E-state index contributed by atoms with van der Waals surface area (Å²) in [5, 5.41) is 22.4. The van der Waals surface area contributed by atoms with E-state index in [0.717, 1.165) is 17.5 Å². The van der Waals surface area contributed by atoms with Crippen LogP contribution >= 0.6 is 0 Å². The lowest BCUT2D eigenvalue weighted by Gasteiger charge is -2.11. The molecule has 3 rings (SSSR count). The number of benzene rings is 2. The number of Topliss-reactive ketones (excluding diaryl/α,β-unsaturated/α-hetero) is 1. The van der Waals surface area contributed by atoms with Crippen molar-refractivity contribution in [3.63, 3.8) is 0 Å². The monoisotopic (exact) mass is 366 g/mol. The Morgan fingerprint density at radius 1 is 1.15 bits per heavy atom.